The standard InChI is InChI=1S/C14H19N5OS/c1-3-7-12(11-8-5-4-6-9-11)15-13(20)10-21-14-16-17-18-19(14)2/h4-6,8-9,12H,3,7,10H2,1-2H3,(H,15,20)/t12-/m0/s1. The molecule has 0 unspecified atom stereocenters. The summed E-state index contributed by atoms with van der Waals surface area (Å²) in [5, 5.41) is 14.8. The SMILES string of the molecule is CCC[C@H](NC(=O)CSc1nnnn1C)c1ccccc1. The minimum atomic E-state index is -0.00898. The topological polar surface area (TPSA) is 72.7 Å². The quantitative estimate of drug-likeness (QED) is 0.792. The molecular formula is C14H19N5OS. The summed E-state index contributed by atoms with van der Waals surface area (Å²) in [5.74, 6) is 0.298. The van der Waals surface area contributed by atoms with E-state index in [1.165, 1.54) is 11.8 Å². The van der Waals surface area contributed by atoms with Crippen LogP contribution < -0.4 is 5.32 Å². The number of carbonyl (C=O) groups is 1. The lowest BCUT2D eigenvalue weighted by molar-refractivity contribution is -0.119. The van der Waals surface area contributed by atoms with Gasteiger partial charge in [-0.15, -0.1) is 5.10 Å². The van der Waals surface area contributed by atoms with Crippen LogP contribution in [-0.2, 0) is 11.8 Å². The van der Waals surface area contributed by atoms with Gasteiger partial charge in [0.2, 0.25) is 11.1 Å². The van der Waals surface area contributed by atoms with Crippen LogP contribution in [0.2, 0.25) is 0 Å². The third-order valence-corrected chi connectivity index (χ3v) is 4.04. The largest absolute Gasteiger partial charge is 0.349 e. The number of amides is 1. The van der Waals surface area contributed by atoms with Crippen LogP contribution in [0.5, 0.6) is 0 Å². The summed E-state index contributed by atoms with van der Waals surface area (Å²) < 4.78 is 1.55. The van der Waals surface area contributed by atoms with E-state index < -0.39 is 0 Å². The summed E-state index contributed by atoms with van der Waals surface area (Å²) in [7, 11) is 1.75. The number of aryl methyl sites for hydroxylation is 1. The molecule has 0 spiro atoms. The molecule has 6 nitrogen and oxygen atoms in total. The van der Waals surface area contributed by atoms with Gasteiger partial charge in [0.1, 0.15) is 0 Å². The van der Waals surface area contributed by atoms with Crippen LogP contribution in [0.3, 0.4) is 0 Å². The zero-order valence-electron chi connectivity index (χ0n) is 12.2. The lowest BCUT2D eigenvalue weighted by atomic mass is 10.0. The summed E-state index contributed by atoms with van der Waals surface area (Å²) in [6.07, 6.45) is 1.94. The summed E-state index contributed by atoms with van der Waals surface area (Å²) in [5.41, 5.74) is 1.14. The molecule has 1 amide bonds. The lowest BCUT2D eigenvalue weighted by Gasteiger charge is -2.18. The van der Waals surface area contributed by atoms with Crippen LogP contribution in [0.15, 0.2) is 35.5 Å². The van der Waals surface area contributed by atoms with Crippen molar-refractivity contribution in [3.05, 3.63) is 35.9 Å². The number of nitrogens with zero attached hydrogens (tertiary/aromatic N) is 4. The number of tetrazole rings is 1. The van der Waals surface area contributed by atoms with Gasteiger partial charge in [0.05, 0.1) is 11.8 Å². The van der Waals surface area contributed by atoms with E-state index in [2.05, 4.69) is 27.8 Å². The molecule has 0 aliphatic heterocycles. The Kier molecular flexibility index (Phi) is 5.74. The molecule has 7 heteroatoms. The van der Waals surface area contributed by atoms with Gasteiger partial charge >= 0.3 is 0 Å². The van der Waals surface area contributed by atoms with Gasteiger partial charge in [-0.1, -0.05) is 55.4 Å². The van der Waals surface area contributed by atoms with Crippen LogP contribution in [0, 0.1) is 0 Å². The first kappa shape index (κ1) is 15.5. The van der Waals surface area contributed by atoms with E-state index in [0.717, 1.165) is 18.4 Å². The minimum Gasteiger partial charge on any atom is -0.349 e. The fourth-order valence-electron chi connectivity index (χ4n) is 2.01. The summed E-state index contributed by atoms with van der Waals surface area (Å²) >= 11 is 1.33. The zero-order chi connectivity index (χ0) is 15.1. The van der Waals surface area contributed by atoms with Crippen LogP contribution >= 0.6 is 11.8 Å². The monoisotopic (exact) mass is 305 g/mol. The van der Waals surface area contributed by atoms with Gasteiger partial charge in [0.15, 0.2) is 0 Å². The van der Waals surface area contributed by atoms with Crippen molar-refractivity contribution in [2.45, 2.75) is 31.0 Å². The van der Waals surface area contributed by atoms with E-state index in [0.29, 0.717) is 10.9 Å². The van der Waals surface area contributed by atoms with Crippen LogP contribution in [-0.4, -0.2) is 31.9 Å². The van der Waals surface area contributed by atoms with Crippen molar-refractivity contribution < 1.29 is 4.79 Å². The smallest absolute Gasteiger partial charge is 0.230 e. The molecule has 0 radical (unpaired) electrons. The first-order chi connectivity index (χ1) is 10.2. The molecule has 112 valence electrons. The Morgan fingerprint density at radius 2 is 2.14 bits per heavy atom. The highest BCUT2D eigenvalue weighted by atomic mass is 32.2. The van der Waals surface area contributed by atoms with Crippen LogP contribution in [0.4, 0.5) is 0 Å². The molecule has 2 aromatic rings. The Balaban J connectivity index is 1.91. The number of nitrogens with one attached hydrogen (secondary N) is 1. The predicted octanol–water partition coefficient (Wildman–Crippen LogP) is 1.96. The molecule has 0 saturated carbocycles. The average molecular weight is 305 g/mol. The highest BCUT2D eigenvalue weighted by molar-refractivity contribution is 7.99. The molecule has 0 bridgehead atoms. The molecule has 1 heterocycles. The summed E-state index contributed by atoms with van der Waals surface area (Å²) in [6.45, 7) is 2.11. The van der Waals surface area contributed by atoms with Gasteiger partial charge in [0, 0.05) is 7.05 Å². The van der Waals surface area contributed by atoms with Gasteiger partial charge in [-0.05, 0) is 22.4 Å². The second kappa shape index (κ2) is 7.78. The third-order valence-electron chi connectivity index (χ3n) is 3.03. The van der Waals surface area contributed by atoms with E-state index in [4.69, 9.17) is 0 Å². The summed E-state index contributed by atoms with van der Waals surface area (Å²) in [4.78, 5) is 12.1. The van der Waals surface area contributed by atoms with E-state index in [1.807, 2.05) is 30.3 Å². The number of carbonyl (C=O) groups excluding carboxylic acids is 1. The molecule has 0 aliphatic carbocycles. The molecular weight excluding hydrogens is 286 g/mol. The number of rotatable bonds is 7. The Morgan fingerprint density at radius 1 is 1.38 bits per heavy atom. The van der Waals surface area contributed by atoms with Crippen molar-refractivity contribution in [3.63, 3.8) is 0 Å². The number of hydrogen-bond acceptors (Lipinski definition) is 5. The highest BCUT2D eigenvalue weighted by Gasteiger charge is 2.14. The maximum Gasteiger partial charge on any atom is 0.230 e. The third kappa shape index (κ3) is 4.56. The molecule has 21 heavy (non-hydrogen) atoms. The molecule has 1 aromatic carbocycles. The second-order valence-corrected chi connectivity index (χ2v) is 5.64. The van der Waals surface area contributed by atoms with E-state index in [9.17, 15) is 4.79 Å². The van der Waals surface area contributed by atoms with Crippen molar-refractivity contribution in [1.82, 2.24) is 25.5 Å². The number of hydrogen-bond donors (Lipinski definition) is 1. The maximum atomic E-state index is 12.1. The molecule has 0 aliphatic rings. The molecule has 0 saturated heterocycles. The molecule has 0 fully saturated rings. The Morgan fingerprint density at radius 3 is 2.76 bits per heavy atom. The van der Waals surface area contributed by atoms with E-state index >= 15 is 0 Å². The molecule has 1 aromatic heterocycles. The number of thioether (sulfide) groups is 1. The van der Waals surface area contributed by atoms with Crippen molar-refractivity contribution in [2.75, 3.05) is 5.75 Å². The van der Waals surface area contributed by atoms with Crippen LogP contribution in [0.25, 0.3) is 0 Å². The van der Waals surface area contributed by atoms with Gasteiger partial charge in [-0.3, -0.25) is 4.79 Å². The maximum absolute atomic E-state index is 12.1. The average Bonchev–Trinajstić information content (AvgIpc) is 2.91. The first-order valence-electron chi connectivity index (χ1n) is 6.90. The predicted molar refractivity (Wildman–Crippen MR) is 81.8 cm³/mol. The van der Waals surface area contributed by atoms with Gasteiger partial charge in [-0.2, -0.15) is 0 Å². The molecule has 1 N–H and O–H groups in total. The van der Waals surface area contributed by atoms with Crippen molar-refractivity contribution in [2.24, 2.45) is 7.05 Å². The number of benzene rings is 1. The second-order valence-electron chi connectivity index (χ2n) is 4.69. The fourth-order valence-corrected chi connectivity index (χ4v) is 2.67. The minimum absolute atomic E-state index is 0.00898. The number of aromatic nitrogens is 4. The van der Waals surface area contributed by atoms with Gasteiger partial charge < -0.3 is 5.32 Å². The van der Waals surface area contributed by atoms with Gasteiger partial charge in [-0.25, -0.2) is 4.68 Å². The first-order valence-corrected chi connectivity index (χ1v) is 7.88. The highest BCUT2D eigenvalue weighted by Crippen LogP contribution is 2.19. The Bertz CT molecular complexity index is 572. The fraction of sp³-hybridized carbons (Fsp3) is 0.429. The van der Waals surface area contributed by atoms with Crippen molar-refractivity contribution in [3.8, 4) is 0 Å². The molecule has 2 rings (SSSR count). The van der Waals surface area contributed by atoms with Crippen molar-refractivity contribution >= 4 is 17.7 Å². The van der Waals surface area contributed by atoms with Crippen LogP contribution in [0.1, 0.15) is 31.4 Å². The Labute approximate surface area is 128 Å². The van der Waals surface area contributed by atoms with E-state index in [1.54, 1.807) is 11.7 Å². The molecule has 1 atom stereocenters. The Hall–Kier alpha value is -1.89. The summed E-state index contributed by atoms with van der Waals surface area (Å²) in [6, 6.07) is 10.1. The van der Waals surface area contributed by atoms with E-state index in [-0.39, 0.29) is 11.9 Å². The lowest BCUT2D eigenvalue weighted by Crippen LogP contribution is -2.30. The zero-order valence-corrected chi connectivity index (χ0v) is 13.0. The van der Waals surface area contributed by atoms with Crippen molar-refractivity contribution in [1.29, 1.82) is 0 Å². The van der Waals surface area contributed by atoms with Gasteiger partial charge in [0.25, 0.3) is 0 Å². The normalized spacial score (nSPS) is 12.1.